The van der Waals surface area contributed by atoms with Gasteiger partial charge in [0, 0.05) is 5.02 Å². The molecule has 1 aromatic rings. The van der Waals surface area contributed by atoms with Crippen LogP contribution in [0.5, 0.6) is 5.75 Å². The third-order valence-electron chi connectivity index (χ3n) is 2.01. The number of benzene rings is 1. The molecule has 16 heavy (non-hydrogen) atoms. The van der Waals surface area contributed by atoms with Crippen LogP contribution in [0.3, 0.4) is 0 Å². The first-order chi connectivity index (χ1) is 7.63. The number of halogens is 1. The molecule has 0 aliphatic rings. The lowest BCUT2D eigenvalue weighted by Gasteiger charge is -2.08. The van der Waals surface area contributed by atoms with Crippen LogP contribution in [0.1, 0.15) is 5.56 Å². The number of carbonyl (C=O) groups is 1. The second-order valence-electron chi connectivity index (χ2n) is 3.31. The van der Waals surface area contributed by atoms with Crippen LogP contribution >= 0.6 is 11.6 Å². The third kappa shape index (κ3) is 4.08. The standard InChI is InChI=1S/C11H15ClN2O2/c1-8-6-9(2-3-10(8)12)16-5-4-14-11(15)7-13/h2-3,6H,4-5,7,13H2,1H3,(H,14,15). The lowest BCUT2D eigenvalue weighted by molar-refractivity contribution is -0.119. The van der Waals surface area contributed by atoms with Crippen molar-refractivity contribution in [1.82, 2.24) is 5.32 Å². The Morgan fingerprint density at radius 1 is 1.56 bits per heavy atom. The van der Waals surface area contributed by atoms with E-state index in [-0.39, 0.29) is 12.5 Å². The van der Waals surface area contributed by atoms with E-state index in [1.165, 1.54) is 0 Å². The molecule has 0 heterocycles. The summed E-state index contributed by atoms with van der Waals surface area (Å²) in [6.07, 6.45) is 0. The van der Waals surface area contributed by atoms with Crippen LogP contribution < -0.4 is 15.8 Å². The highest BCUT2D eigenvalue weighted by atomic mass is 35.5. The Morgan fingerprint density at radius 2 is 2.31 bits per heavy atom. The number of hydrogen-bond acceptors (Lipinski definition) is 3. The summed E-state index contributed by atoms with van der Waals surface area (Å²) < 4.78 is 5.42. The second kappa shape index (κ2) is 6.35. The number of nitrogens with two attached hydrogens (primary N) is 1. The summed E-state index contributed by atoms with van der Waals surface area (Å²) in [6, 6.07) is 5.43. The molecule has 0 atom stereocenters. The number of rotatable bonds is 5. The Morgan fingerprint density at radius 3 is 2.94 bits per heavy atom. The van der Waals surface area contributed by atoms with E-state index in [9.17, 15) is 4.79 Å². The summed E-state index contributed by atoms with van der Waals surface area (Å²) in [5, 5.41) is 3.33. The molecule has 0 fully saturated rings. The van der Waals surface area contributed by atoms with Gasteiger partial charge in [-0.3, -0.25) is 4.79 Å². The zero-order chi connectivity index (χ0) is 12.0. The maximum Gasteiger partial charge on any atom is 0.233 e. The van der Waals surface area contributed by atoms with Gasteiger partial charge in [0.2, 0.25) is 5.91 Å². The summed E-state index contributed by atoms with van der Waals surface area (Å²) in [7, 11) is 0. The van der Waals surface area contributed by atoms with Crippen molar-refractivity contribution in [1.29, 1.82) is 0 Å². The summed E-state index contributed by atoms with van der Waals surface area (Å²) in [4.78, 5) is 10.8. The largest absolute Gasteiger partial charge is 0.492 e. The zero-order valence-electron chi connectivity index (χ0n) is 9.13. The maximum atomic E-state index is 10.8. The van der Waals surface area contributed by atoms with Crippen LogP contribution in [0.2, 0.25) is 5.02 Å². The van der Waals surface area contributed by atoms with Crippen molar-refractivity contribution in [3.05, 3.63) is 28.8 Å². The van der Waals surface area contributed by atoms with Gasteiger partial charge >= 0.3 is 0 Å². The molecule has 88 valence electrons. The Labute approximate surface area is 99.7 Å². The van der Waals surface area contributed by atoms with Crippen molar-refractivity contribution in [2.75, 3.05) is 19.7 Å². The van der Waals surface area contributed by atoms with Crippen molar-refractivity contribution >= 4 is 17.5 Å². The molecule has 1 aromatic carbocycles. The highest BCUT2D eigenvalue weighted by Gasteiger charge is 1.99. The van der Waals surface area contributed by atoms with E-state index in [1.54, 1.807) is 12.1 Å². The molecule has 0 aromatic heterocycles. The molecule has 0 saturated carbocycles. The van der Waals surface area contributed by atoms with Crippen molar-refractivity contribution in [3.8, 4) is 5.75 Å². The molecule has 0 aliphatic heterocycles. The van der Waals surface area contributed by atoms with Crippen LogP contribution in [0.4, 0.5) is 0 Å². The van der Waals surface area contributed by atoms with E-state index >= 15 is 0 Å². The molecule has 0 saturated heterocycles. The third-order valence-corrected chi connectivity index (χ3v) is 2.43. The molecule has 0 bridgehead atoms. The molecule has 1 amide bonds. The number of nitrogens with one attached hydrogen (secondary N) is 1. The van der Waals surface area contributed by atoms with Crippen molar-refractivity contribution in [3.63, 3.8) is 0 Å². The molecule has 0 radical (unpaired) electrons. The van der Waals surface area contributed by atoms with Crippen LogP contribution in [0.25, 0.3) is 0 Å². The lowest BCUT2D eigenvalue weighted by atomic mass is 10.2. The van der Waals surface area contributed by atoms with Gasteiger partial charge in [-0.25, -0.2) is 0 Å². The van der Waals surface area contributed by atoms with Crippen LogP contribution in [0.15, 0.2) is 18.2 Å². The molecule has 0 spiro atoms. The SMILES string of the molecule is Cc1cc(OCCNC(=O)CN)ccc1Cl. The molecule has 5 heteroatoms. The van der Waals surface area contributed by atoms with E-state index in [2.05, 4.69) is 5.32 Å². The number of hydrogen-bond donors (Lipinski definition) is 2. The monoisotopic (exact) mass is 242 g/mol. The molecular formula is C11H15ClN2O2. The Hall–Kier alpha value is -1.26. The van der Waals surface area contributed by atoms with Gasteiger partial charge in [-0.05, 0) is 30.7 Å². The highest BCUT2D eigenvalue weighted by Crippen LogP contribution is 2.20. The van der Waals surface area contributed by atoms with Gasteiger partial charge in [0.25, 0.3) is 0 Å². The average molecular weight is 243 g/mol. The fourth-order valence-corrected chi connectivity index (χ4v) is 1.26. The average Bonchev–Trinajstić information content (AvgIpc) is 2.28. The minimum Gasteiger partial charge on any atom is -0.492 e. The van der Waals surface area contributed by atoms with E-state index < -0.39 is 0 Å². The summed E-state index contributed by atoms with van der Waals surface area (Å²) >= 11 is 5.88. The topological polar surface area (TPSA) is 64.3 Å². The molecule has 1 rings (SSSR count). The highest BCUT2D eigenvalue weighted by molar-refractivity contribution is 6.31. The molecular weight excluding hydrogens is 228 g/mol. The first kappa shape index (κ1) is 12.8. The quantitative estimate of drug-likeness (QED) is 0.760. The summed E-state index contributed by atoms with van der Waals surface area (Å²) in [5.41, 5.74) is 6.10. The number of amides is 1. The molecule has 0 aliphatic carbocycles. The summed E-state index contributed by atoms with van der Waals surface area (Å²) in [5.74, 6) is 0.555. The fourth-order valence-electron chi connectivity index (χ4n) is 1.14. The van der Waals surface area contributed by atoms with Crippen molar-refractivity contribution in [2.45, 2.75) is 6.92 Å². The zero-order valence-corrected chi connectivity index (χ0v) is 9.88. The van der Waals surface area contributed by atoms with Gasteiger partial charge in [0.15, 0.2) is 0 Å². The second-order valence-corrected chi connectivity index (χ2v) is 3.72. The Bertz CT molecular complexity index is 369. The van der Waals surface area contributed by atoms with Crippen LogP contribution in [-0.4, -0.2) is 25.6 Å². The van der Waals surface area contributed by atoms with Gasteiger partial charge in [0.05, 0.1) is 13.1 Å². The number of carbonyl (C=O) groups excluding carboxylic acids is 1. The predicted molar refractivity (Wildman–Crippen MR) is 63.7 cm³/mol. The first-order valence-electron chi connectivity index (χ1n) is 4.99. The molecule has 0 unspecified atom stereocenters. The maximum absolute atomic E-state index is 10.8. The molecule has 4 nitrogen and oxygen atoms in total. The predicted octanol–water partition coefficient (Wildman–Crippen LogP) is 1.10. The number of ether oxygens (including phenoxy) is 1. The van der Waals surface area contributed by atoms with Gasteiger partial charge in [-0.2, -0.15) is 0 Å². The van der Waals surface area contributed by atoms with Gasteiger partial charge in [0.1, 0.15) is 12.4 Å². The van der Waals surface area contributed by atoms with Crippen LogP contribution in [0, 0.1) is 6.92 Å². The lowest BCUT2D eigenvalue weighted by Crippen LogP contribution is -2.33. The van der Waals surface area contributed by atoms with Crippen LogP contribution in [-0.2, 0) is 4.79 Å². The van der Waals surface area contributed by atoms with E-state index in [1.807, 2.05) is 13.0 Å². The van der Waals surface area contributed by atoms with Gasteiger partial charge in [-0.15, -0.1) is 0 Å². The smallest absolute Gasteiger partial charge is 0.233 e. The minimum atomic E-state index is -0.184. The molecule has 3 N–H and O–H groups in total. The van der Waals surface area contributed by atoms with E-state index in [0.29, 0.717) is 18.2 Å². The van der Waals surface area contributed by atoms with E-state index in [0.717, 1.165) is 11.3 Å². The van der Waals surface area contributed by atoms with E-state index in [4.69, 9.17) is 22.1 Å². The van der Waals surface area contributed by atoms with Gasteiger partial charge < -0.3 is 15.8 Å². The Kier molecular flexibility index (Phi) is 5.08. The number of aryl methyl sites for hydroxylation is 1. The fraction of sp³-hybridized carbons (Fsp3) is 0.364. The summed E-state index contributed by atoms with van der Waals surface area (Å²) in [6.45, 7) is 2.76. The van der Waals surface area contributed by atoms with Gasteiger partial charge in [-0.1, -0.05) is 11.6 Å². The minimum absolute atomic E-state index is 0.0000526. The van der Waals surface area contributed by atoms with Crippen molar-refractivity contribution in [2.24, 2.45) is 5.73 Å². The Balaban J connectivity index is 2.32. The first-order valence-corrected chi connectivity index (χ1v) is 5.37. The van der Waals surface area contributed by atoms with Crippen molar-refractivity contribution < 1.29 is 9.53 Å². The normalized spacial score (nSPS) is 9.94.